The van der Waals surface area contributed by atoms with Gasteiger partial charge in [0, 0.05) is 18.0 Å². The molecule has 0 radical (unpaired) electrons. The highest BCUT2D eigenvalue weighted by Crippen LogP contribution is 2.17. The zero-order valence-electron chi connectivity index (χ0n) is 8.73. The van der Waals surface area contributed by atoms with Crippen LogP contribution in [0.25, 0.3) is 0 Å². The fourth-order valence-corrected chi connectivity index (χ4v) is 1.33. The van der Waals surface area contributed by atoms with E-state index in [4.69, 9.17) is 4.74 Å². The Kier molecular flexibility index (Phi) is 4.12. The molecule has 0 amide bonds. The molecular formula is C11H15NO3. The van der Waals surface area contributed by atoms with Gasteiger partial charge in [-0.2, -0.15) is 0 Å². The molecule has 0 aromatic heterocycles. The van der Waals surface area contributed by atoms with Crippen molar-refractivity contribution >= 4 is 5.97 Å². The molecule has 0 unspecified atom stereocenters. The van der Waals surface area contributed by atoms with Gasteiger partial charge in [-0.1, -0.05) is 0 Å². The zero-order valence-corrected chi connectivity index (χ0v) is 8.73. The lowest BCUT2D eigenvalue weighted by atomic mass is 10.0. The predicted octanol–water partition coefficient (Wildman–Crippen LogP) is -0.492. The fourth-order valence-electron chi connectivity index (χ4n) is 1.33. The van der Waals surface area contributed by atoms with Gasteiger partial charge in [-0.3, -0.25) is 0 Å². The van der Waals surface area contributed by atoms with Crippen molar-refractivity contribution in [1.29, 1.82) is 0 Å². The number of carboxylic acid groups (broad SMARTS) is 1. The number of hydrogen-bond acceptors (Lipinski definition) is 3. The first-order valence-electron chi connectivity index (χ1n) is 4.80. The number of quaternary nitrogens is 1. The van der Waals surface area contributed by atoms with Gasteiger partial charge in [-0.05, 0) is 30.7 Å². The van der Waals surface area contributed by atoms with E-state index in [-0.39, 0.29) is 12.5 Å². The average Bonchev–Trinajstić information content (AvgIpc) is 2.26. The maximum atomic E-state index is 10.3. The van der Waals surface area contributed by atoms with Crippen LogP contribution in [0.5, 0.6) is 5.75 Å². The molecule has 0 heterocycles. The Bertz CT molecular complexity index is 321. The van der Waals surface area contributed by atoms with Crippen molar-refractivity contribution < 1.29 is 20.4 Å². The molecule has 1 aromatic carbocycles. The predicted molar refractivity (Wildman–Crippen MR) is 52.9 cm³/mol. The minimum atomic E-state index is -1.03. The first-order valence-corrected chi connectivity index (χ1v) is 4.80. The van der Waals surface area contributed by atoms with Crippen LogP contribution < -0.4 is 15.6 Å². The van der Waals surface area contributed by atoms with Crippen LogP contribution in [0.4, 0.5) is 0 Å². The summed E-state index contributed by atoms with van der Waals surface area (Å²) in [5.41, 5.74) is 4.91. The van der Waals surface area contributed by atoms with Gasteiger partial charge >= 0.3 is 0 Å². The second-order valence-corrected chi connectivity index (χ2v) is 3.38. The van der Waals surface area contributed by atoms with Gasteiger partial charge in [-0.25, -0.2) is 0 Å². The van der Waals surface area contributed by atoms with Crippen LogP contribution in [0.2, 0.25) is 0 Å². The number of aliphatic carboxylic acids is 1. The van der Waals surface area contributed by atoms with Crippen molar-refractivity contribution in [1.82, 2.24) is 0 Å². The number of methoxy groups -OCH3 is 1. The molecule has 0 aliphatic rings. The van der Waals surface area contributed by atoms with Crippen molar-refractivity contribution in [2.75, 3.05) is 7.11 Å². The van der Waals surface area contributed by atoms with Gasteiger partial charge in [0.1, 0.15) is 11.8 Å². The molecule has 1 rings (SSSR count). The van der Waals surface area contributed by atoms with Gasteiger partial charge in [0.25, 0.3) is 0 Å². The van der Waals surface area contributed by atoms with E-state index < -0.39 is 5.97 Å². The van der Waals surface area contributed by atoms with Gasteiger partial charge < -0.3 is 20.4 Å². The summed E-state index contributed by atoms with van der Waals surface area (Å²) in [7, 11) is 1.60. The molecule has 0 bridgehead atoms. The van der Waals surface area contributed by atoms with E-state index >= 15 is 0 Å². The SMILES string of the molecule is COc1ccc([C@H]([NH3+])CCC(=O)[O-])cc1. The Morgan fingerprint density at radius 3 is 2.53 bits per heavy atom. The summed E-state index contributed by atoms with van der Waals surface area (Å²) < 4.78 is 5.02. The lowest BCUT2D eigenvalue weighted by molar-refractivity contribution is -0.428. The minimum Gasteiger partial charge on any atom is -0.550 e. The number of benzene rings is 1. The first kappa shape index (κ1) is 11.5. The molecule has 82 valence electrons. The topological polar surface area (TPSA) is 77.0 Å². The average molecular weight is 209 g/mol. The van der Waals surface area contributed by atoms with E-state index in [1.807, 2.05) is 24.3 Å². The van der Waals surface area contributed by atoms with E-state index in [0.29, 0.717) is 6.42 Å². The van der Waals surface area contributed by atoms with Crippen molar-refractivity contribution in [3.63, 3.8) is 0 Å². The molecule has 0 spiro atoms. The van der Waals surface area contributed by atoms with E-state index in [1.54, 1.807) is 7.11 Å². The summed E-state index contributed by atoms with van der Waals surface area (Å²) in [6.07, 6.45) is 0.537. The van der Waals surface area contributed by atoms with Crippen molar-refractivity contribution in [2.45, 2.75) is 18.9 Å². The Morgan fingerprint density at radius 2 is 2.07 bits per heavy atom. The number of ether oxygens (including phenoxy) is 1. The summed E-state index contributed by atoms with van der Waals surface area (Å²) in [5, 5.41) is 10.3. The third kappa shape index (κ3) is 3.59. The molecule has 1 atom stereocenters. The van der Waals surface area contributed by atoms with Crippen molar-refractivity contribution in [3.05, 3.63) is 29.8 Å². The van der Waals surface area contributed by atoms with E-state index in [0.717, 1.165) is 11.3 Å². The van der Waals surface area contributed by atoms with Crippen molar-refractivity contribution in [3.8, 4) is 5.75 Å². The minimum absolute atomic E-state index is 0.0196. The third-order valence-corrected chi connectivity index (χ3v) is 2.28. The number of carbonyl (C=O) groups is 1. The van der Waals surface area contributed by atoms with Crippen LogP contribution in [0, 0.1) is 0 Å². The number of carbonyl (C=O) groups excluding carboxylic acids is 1. The third-order valence-electron chi connectivity index (χ3n) is 2.28. The Balaban J connectivity index is 2.57. The van der Waals surface area contributed by atoms with Crippen LogP contribution in [0.3, 0.4) is 0 Å². The molecule has 1 aromatic rings. The largest absolute Gasteiger partial charge is 0.550 e. The van der Waals surface area contributed by atoms with E-state index in [2.05, 4.69) is 5.73 Å². The van der Waals surface area contributed by atoms with Crippen molar-refractivity contribution in [2.24, 2.45) is 0 Å². The Labute approximate surface area is 88.7 Å². The number of carboxylic acids is 1. The van der Waals surface area contributed by atoms with Crippen LogP contribution >= 0.6 is 0 Å². The number of rotatable bonds is 5. The maximum Gasteiger partial charge on any atom is 0.118 e. The molecule has 0 fully saturated rings. The van der Waals surface area contributed by atoms with Gasteiger partial charge in [0.2, 0.25) is 0 Å². The molecule has 15 heavy (non-hydrogen) atoms. The first-order chi connectivity index (χ1) is 7.13. The lowest BCUT2D eigenvalue weighted by Gasteiger charge is -2.09. The second kappa shape index (κ2) is 5.36. The van der Waals surface area contributed by atoms with E-state index in [1.165, 1.54) is 0 Å². The molecular weight excluding hydrogens is 194 g/mol. The van der Waals surface area contributed by atoms with Gasteiger partial charge in [0.05, 0.1) is 7.11 Å². The highest BCUT2D eigenvalue weighted by atomic mass is 16.5. The zero-order chi connectivity index (χ0) is 11.3. The Hall–Kier alpha value is -1.55. The summed E-state index contributed by atoms with van der Waals surface area (Å²) in [6, 6.07) is 7.45. The molecule has 4 heteroatoms. The monoisotopic (exact) mass is 209 g/mol. The maximum absolute atomic E-state index is 10.3. The summed E-state index contributed by atoms with van der Waals surface area (Å²) in [5.74, 6) is -0.247. The molecule has 4 nitrogen and oxygen atoms in total. The highest BCUT2D eigenvalue weighted by Gasteiger charge is 2.09. The molecule has 0 aliphatic heterocycles. The molecule has 0 saturated heterocycles. The van der Waals surface area contributed by atoms with Gasteiger partial charge in [-0.15, -0.1) is 0 Å². The molecule has 0 aliphatic carbocycles. The standard InChI is InChI=1S/C11H15NO3/c1-15-9-4-2-8(3-5-9)10(12)6-7-11(13)14/h2-5,10H,6-7,12H2,1H3,(H,13,14)/t10-/m1/s1. The van der Waals surface area contributed by atoms with Crippen LogP contribution in [0.1, 0.15) is 24.4 Å². The Morgan fingerprint density at radius 1 is 1.47 bits per heavy atom. The van der Waals surface area contributed by atoms with Crippen LogP contribution in [-0.2, 0) is 4.79 Å². The second-order valence-electron chi connectivity index (χ2n) is 3.38. The highest BCUT2D eigenvalue weighted by molar-refractivity contribution is 5.64. The summed E-state index contributed by atoms with van der Waals surface area (Å²) >= 11 is 0. The summed E-state index contributed by atoms with van der Waals surface area (Å²) in [4.78, 5) is 10.3. The van der Waals surface area contributed by atoms with E-state index in [9.17, 15) is 9.90 Å². The quantitative estimate of drug-likeness (QED) is 0.710. The summed E-state index contributed by atoms with van der Waals surface area (Å²) in [6.45, 7) is 0. The normalized spacial score (nSPS) is 12.1. The molecule has 3 N–H and O–H groups in total. The van der Waals surface area contributed by atoms with Gasteiger partial charge in [0.15, 0.2) is 0 Å². The fraction of sp³-hybridized carbons (Fsp3) is 0.364. The molecule has 0 saturated carbocycles. The number of hydrogen-bond donors (Lipinski definition) is 1. The lowest BCUT2D eigenvalue weighted by Crippen LogP contribution is -2.53. The smallest absolute Gasteiger partial charge is 0.118 e. The van der Waals surface area contributed by atoms with Crippen LogP contribution in [-0.4, -0.2) is 13.1 Å². The van der Waals surface area contributed by atoms with Crippen LogP contribution in [0.15, 0.2) is 24.3 Å².